The summed E-state index contributed by atoms with van der Waals surface area (Å²) in [5.74, 6) is 0.965. The van der Waals surface area contributed by atoms with Gasteiger partial charge in [-0.3, -0.25) is 4.79 Å². The van der Waals surface area contributed by atoms with E-state index in [0.29, 0.717) is 46.0 Å². The first-order valence-corrected chi connectivity index (χ1v) is 12.7. The number of nitrogens with zero attached hydrogens (tertiary/aromatic N) is 5. The predicted octanol–water partition coefficient (Wildman–Crippen LogP) is 4.35. The van der Waals surface area contributed by atoms with Crippen LogP contribution in [0, 0.1) is 17.7 Å². The van der Waals surface area contributed by atoms with Gasteiger partial charge < -0.3 is 19.8 Å². The SMILES string of the molecule is Cn1c(-c2cc3ccc(Cl)nc3n2CC2CC2)nc2cc(C(=O)N3C[C@H]4CC[C@@H]3C4N)cc(F)c21. The van der Waals surface area contributed by atoms with Gasteiger partial charge in [-0.15, -0.1) is 0 Å². The molecule has 9 heteroatoms. The number of piperidine rings is 1. The van der Waals surface area contributed by atoms with Crippen LogP contribution in [-0.4, -0.2) is 48.5 Å². The maximum absolute atomic E-state index is 15.4. The van der Waals surface area contributed by atoms with Gasteiger partial charge in [0, 0.05) is 43.2 Å². The zero-order chi connectivity index (χ0) is 24.0. The van der Waals surface area contributed by atoms with E-state index in [4.69, 9.17) is 22.3 Å². The van der Waals surface area contributed by atoms with E-state index >= 15 is 4.39 Å². The third-order valence-electron chi connectivity index (χ3n) is 8.16. The van der Waals surface area contributed by atoms with E-state index < -0.39 is 5.82 Å². The highest BCUT2D eigenvalue weighted by Crippen LogP contribution is 2.39. The van der Waals surface area contributed by atoms with Gasteiger partial charge in [-0.25, -0.2) is 14.4 Å². The number of fused-ring (bicyclic) bond motifs is 4. The van der Waals surface area contributed by atoms with Gasteiger partial charge in [0.1, 0.15) is 22.1 Å². The van der Waals surface area contributed by atoms with Crippen LogP contribution >= 0.6 is 11.6 Å². The van der Waals surface area contributed by atoms with Gasteiger partial charge in [-0.2, -0.15) is 0 Å². The van der Waals surface area contributed by atoms with Crippen molar-refractivity contribution in [3.05, 3.63) is 46.9 Å². The van der Waals surface area contributed by atoms with Gasteiger partial charge >= 0.3 is 0 Å². The minimum Gasteiger partial charge on any atom is -0.334 e. The Balaban J connectivity index is 1.34. The maximum Gasteiger partial charge on any atom is 0.254 e. The van der Waals surface area contributed by atoms with Crippen molar-refractivity contribution in [2.45, 2.75) is 44.3 Å². The molecule has 0 radical (unpaired) electrons. The van der Waals surface area contributed by atoms with Crippen molar-refractivity contribution in [1.29, 1.82) is 0 Å². The second-order valence-electron chi connectivity index (χ2n) is 10.4. The fraction of sp³-hybridized carbons (Fsp3) is 0.423. The number of imidazole rings is 1. The molecule has 1 aromatic carbocycles. The Labute approximate surface area is 206 Å². The summed E-state index contributed by atoms with van der Waals surface area (Å²) in [6.07, 6.45) is 4.34. The topological polar surface area (TPSA) is 82.0 Å². The minimum absolute atomic E-state index is 0.0180. The van der Waals surface area contributed by atoms with Gasteiger partial charge in [0.2, 0.25) is 0 Å². The van der Waals surface area contributed by atoms with Gasteiger partial charge in [0.25, 0.3) is 5.91 Å². The van der Waals surface area contributed by atoms with Crippen LogP contribution in [0.1, 0.15) is 36.0 Å². The van der Waals surface area contributed by atoms with Gasteiger partial charge in [-0.1, -0.05) is 11.6 Å². The van der Waals surface area contributed by atoms with Gasteiger partial charge in [0.15, 0.2) is 5.82 Å². The first-order chi connectivity index (χ1) is 16.9. The Morgan fingerprint density at radius 3 is 2.71 bits per heavy atom. The molecule has 180 valence electrons. The molecule has 4 aromatic rings. The third kappa shape index (κ3) is 3.23. The zero-order valence-corrected chi connectivity index (χ0v) is 20.2. The number of nitrogens with two attached hydrogens (primary N) is 1. The molecule has 1 aliphatic heterocycles. The Bertz CT molecular complexity index is 1520. The van der Waals surface area contributed by atoms with Crippen LogP contribution in [0.3, 0.4) is 0 Å². The molecule has 2 bridgehead atoms. The molecular weight excluding hydrogens is 467 g/mol. The lowest BCUT2D eigenvalue weighted by atomic mass is 10.1. The smallest absolute Gasteiger partial charge is 0.254 e. The van der Waals surface area contributed by atoms with Crippen molar-refractivity contribution in [2.24, 2.45) is 24.6 Å². The minimum atomic E-state index is -0.452. The molecule has 3 aromatic heterocycles. The number of hydrogen-bond donors (Lipinski definition) is 1. The van der Waals surface area contributed by atoms with Crippen LogP contribution in [0.15, 0.2) is 30.3 Å². The molecule has 3 fully saturated rings. The molecule has 2 saturated carbocycles. The summed E-state index contributed by atoms with van der Waals surface area (Å²) < 4.78 is 19.3. The number of aryl methyl sites for hydroxylation is 1. The van der Waals surface area contributed by atoms with Crippen molar-refractivity contribution in [1.82, 2.24) is 24.0 Å². The number of rotatable bonds is 4. The molecule has 3 atom stereocenters. The van der Waals surface area contributed by atoms with Gasteiger partial charge in [-0.05, 0) is 67.9 Å². The van der Waals surface area contributed by atoms with Gasteiger partial charge in [0.05, 0.1) is 11.2 Å². The standard InChI is InChI=1S/C26H26ClFN6O/c1-32-23-17(28)8-16(26(35)34-12-15-4-6-19(34)22(15)29)9-18(23)30-25(32)20-10-14-5-7-21(27)31-24(14)33(20)11-13-2-3-13/h5,7-10,13,15,19,22H,2-4,6,11-12,29H2,1H3/t15-,19-,22?/m1/s1. The van der Waals surface area contributed by atoms with Crippen LogP contribution < -0.4 is 5.73 Å². The molecule has 1 unspecified atom stereocenters. The fourth-order valence-corrected chi connectivity index (χ4v) is 6.27. The van der Waals surface area contributed by atoms with Crippen molar-refractivity contribution in [3.8, 4) is 11.5 Å². The Kier molecular flexibility index (Phi) is 4.58. The molecular formula is C26H26ClFN6O. The molecule has 3 aliphatic rings. The van der Waals surface area contributed by atoms with E-state index in [9.17, 15) is 4.79 Å². The molecule has 35 heavy (non-hydrogen) atoms. The maximum atomic E-state index is 15.4. The molecule has 2 aliphatic carbocycles. The Morgan fingerprint density at radius 1 is 1.17 bits per heavy atom. The zero-order valence-electron chi connectivity index (χ0n) is 19.4. The van der Waals surface area contributed by atoms with Crippen LogP contribution in [0.4, 0.5) is 4.39 Å². The average Bonchev–Trinajstić information content (AvgIpc) is 3.25. The average molecular weight is 493 g/mol. The summed E-state index contributed by atoms with van der Waals surface area (Å²) in [6, 6.07) is 8.88. The number of benzene rings is 1. The number of amides is 1. The van der Waals surface area contributed by atoms with E-state index in [1.54, 1.807) is 16.7 Å². The highest BCUT2D eigenvalue weighted by molar-refractivity contribution is 6.29. The monoisotopic (exact) mass is 492 g/mol. The van der Waals surface area contributed by atoms with Crippen LogP contribution in [0.5, 0.6) is 0 Å². The van der Waals surface area contributed by atoms with Crippen LogP contribution in [-0.2, 0) is 13.6 Å². The van der Waals surface area contributed by atoms with E-state index in [2.05, 4.69) is 9.55 Å². The summed E-state index contributed by atoms with van der Waals surface area (Å²) >= 11 is 6.21. The Morgan fingerprint density at radius 2 is 2.00 bits per heavy atom. The summed E-state index contributed by atoms with van der Waals surface area (Å²) in [6.45, 7) is 1.47. The molecule has 4 heterocycles. The first kappa shape index (κ1) is 21.3. The highest BCUT2D eigenvalue weighted by Gasteiger charge is 2.47. The third-order valence-corrected chi connectivity index (χ3v) is 8.37. The summed E-state index contributed by atoms with van der Waals surface area (Å²) in [5, 5.41) is 1.41. The molecule has 2 N–H and O–H groups in total. The second kappa shape index (κ2) is 7.51. The number of likely N-dealkylation sites (tertiary alicyclic amines) is 1. The number of carbonyl (C=O) groups excluding carboxylic acids is 1. The summed E-state index contributed by atoms with van der Waals surface area (Å²) in [7, 11) is 1.81. The molecule has 1 saturated heterocycles. The van der Waals surface area contributed by atoms with E-state index in [1.807, 2.05) is 24.1 Å². The number of pyridine rings is 1. The fourth-order valence-electron chi connectivity index (χ4n) is 6.13. The van der Waals surface area contributed by atoms with Crippen molar-refractivity contribution >= 4 is 39.6 Å². The number of halogens is 2. The normalized spacial score (nSPS) is 23.8. The van der Waals surface area contributed by atoms with Crippen molar-refractivity contribution < 1.29 is 9.18 Å². The van der Waals surface area contributed by atoms with Crippen molar-refractivity contribution in [2.75, 3.05) is 6.54 Å². The molecule has 1 amide bonds. The van der Waals surface area contributed by atoms with E-state index in [-0.39, 0.29) is 18.0 Å². The summed E-state index contributed by atoms with van der Waals surface area (Å²) in [5.41, 5.74) is 9.14. The molecule has 7 rings (SSSR count). The highest BCUT2D eigenvalue weighted by atomic mass is 35.5. The largest absolute Gasteiger partial charge is 0.334 e. The lowest BCUT2D eigenvalue weighted by Crippen LogP contribution is -2.41. The Hall–Kier alpha value is -2.97. The lowest BCUT2D eigenvalue weighted by molar-refractivity contribution is 0.0700. The first-order valence-electron chi connectivity index (χ1n) is 12.3. The lowest BCUT2D eigenvalue weighted by Gasteiger charge is -2.27. The second-order valence-corrected chi connectivity index (χ2v) is 10.8. The summed E-state index contributed by atoms with van der Waals surface area (Å²) in [4.78, 5) is 24.5. The molecule has 0 spiro atoms. The van der Waals surface area contributed by atoms with Crippen LogP contribution in [0.2, 0.25) is 5.15 Å². The van der Waals surface area contributed by atoms with Crippen molar-refractivity contribution in [3.63, 3.8) is 0 Å². The number of hydrogen-bond acceptors (Lipinski definition) is 4. The van der Waals surface area contributed by atoms with Crippen LogP contribution in [0.25, 0.3) is 33.6 Å². The quantitative estimate of drug-likeness (QED) is 0.429. The number of carbonyl (C=O) groups is 1. The van der Waals surface area contributed by atoms with E-state index in [1.165, 1.54) is 18.9 Å². The number of aromatic nitrogens is 4. The van der Waals surface area contributed by atoms with E-state index in [0.717, 1.165) is 36.1 Å². The molecule has 7 nitrogen and oxygen atoms in total. The predicted molar refractivity (Wildman–Crippen MR) is 133 cm³/mol.